The molecule has 0 radical (unpaired) electrons. The maximum atomic E-state index is 11.6. The number of esters is 1. The molecule has 5 heteroatoms. The summed E-state index contributed by atoms with van der Waals surface area (Å²) >= 11 is 0. The normalized spacial score (nSPS) is 17.7. The van der Waals surface area contributed by atoms with E-state index in [-0.39, 0.29) is 5.97 Å². The van der Waals surface area contributed by atoms with Crippen LogP contribution in [0.25, 0.3) is 11.0 Å². The molecule has 2 aromatic heterocycles. The third-order valence-corrected chi connectivity index (χ3v) is 5.06. The number of ether oxygens (including phenoxy) is 1. The van der Waals surface area contributed by atoms with Gasteiger partial charge in [-0.15, -0.1) is 0 Å². The zero-order chi connectivity index (χ0) is 18.9. The number of aromatic nitrogens is 2. The van der Waals surface area contributed by atoms with Gasteiger partial charge in [0.05, 0.1) is 6.61 Å². The molecule has 5 nitrogen and oxygen atoms in total. The van der Waals surface area contributed by atoms with E-state index in [9.17, 15) is 4.79 Å². The summed E-state index contributed by atoms with van der Waals surface area (Å²) in [7, 11) is 0. The molecule has 1 aliphatic rings. The number of fused-ring (bicyclic) bond motifs is 1. The number of nitrogens with zero attached hydrogens (tertiary/aromatic N) is 3. The number of likely N-dealkylation sites (tertiary alicyclic amines) is 1. The lowest BCUT2D eigenvalue weighted by atomic mass is 10.0. The zero-order valence-electron chi connectivity index (χ0n) is 16.1. The Bertz CT molecular complexity index is 775. The van der Waals surface area contributed by atoms with Gasteiger partial charge in [0.15, 0.2) is 5.65 Å². The first-order chi connectivity index (χ1) is 13.2. The van der Waals surface area contributed by atoms with E-state index in [0.717, 1.165) is 62.0 Å². The van der Waals surface area contributed by atoms with Crippen LogP contribution in [0.4, 0.5) is 0 Å². The fourth-order valence-electron chi connectivity index (χ4n) is 3.46. The van der Waals surface area contributed by atoms with Crippen molar-refractivity contribution in [2.24, 2.45) is 5.92 Å². The van der Waals surface area contributed by atoms with Gasteiger partial charge in [-0.1, -0.05) is 19.4 Å². The largest absolute Gasteiger partial charge is 0.463 e. The fourth-order valence-corrected chi connectivity index (χ4v) is 3.46. The minimum atomic E-state index is -0.227. The molecule has 0 saturated carbocycles. The third kappa shape index (κ3) is 6.14. The van der Waals surface area contributed by atoms with Crippen molar-refractivity contribution in [2.45, 2.75) is 39.0 Å². The predicted molar refractivity (Wildman–Crippen MR) is 107 cm³/mol. The maximum absolute atomic E-state index is 11.6. The number of unbranched alkanes of at least 4 members (excludes halogenated alkanes) is 1. The van der Waals surface area contributed by atoms with Crippen LogP contribution in [0.3, 0.4) is 0 Å². The van der Waals surface area contributed by atoms with Crippen LogP contribution in [0.2, 0.25) is 0 Å². The molecule has 1 aliphatic heterocycles. The Hall–Kier alpha value is -2.27. The van der Waals surface area contributed by atoms with Crippen LogP contribution in [0.15, 0.2) is 42.6 Å². The number of aryl methyl sites for hydroxylation is 1. The van der Waals surface area contributed by atoms with Gasteiger partial charge in [-0.25, -0.2) is 14.8 Å². The van der Waals surface area contributed by atoms with Crippen LogP contribution in [0.5, 0.6) is 0 Å². The Morgan fingerprint density at radius 3 is 3.19 bits per heavy atom. The molecule has 144 valence electrons. The van der Waals surface area contributed by atoms with Gasteiger partial charge in [-0.05, 0) is 62.4 Å². The number of pyridine rings is 2. The van der Waals surface area contributed by atoms with Crippen molar-refractivity contribution >= 4 is 17.0 Å². The van der Waals surface area contributed by atoms with Crippen LogP contribution in [0, 0.1) is 5.92 Å². The summed E-state index contributed by atoms with van der Waals surface area (Å²) < 4.78 is 5.13. The minimum Gasteiger partial charge on any atom is -0.463 e. The molecule has 0 spiro atoms. The molecule has 1 unspecified atom stereocenters. The van der Waals surface area contributed by atoms with E-state index in [1.165, 1.54) is 6.42 Å². The number of carbonyl (C=O) groups is 1. The second-order valence-electron chi connectivity index (χ2n) is 7.23. The first kappa shape index (κ1) is 19.5. The van der Waals surface area contributed by atoms with E-state index in [0.29, 0.717) is 12.5 Å². The van der Waals surface area contributed by atoms with Crippen LogP contribution in [-0.2, 0) is 16.0 Å². The van der Waals surface area contributed by atoms with Gasteiger partial charge in [-0.2, -0.15) is 0 Å². The number of rotatable bonds is 9. The Kier molecular flexibility index (Phi) is 7.34. The Labute approximate surface area is 161 Å². The Balaban J connectivity index is 1.38. The lowest BCUT2D eigenvalue weighted by Gasteiger charge is -2.13. The molecule has 1 atom stereocenters. The topological polar surface area (TPSA) is 55.3 Å². The van der Waals surface area contributed by atoms with E-state index in [1.807, 2.05) is 18.2 Å². The van der Waals surface area contributed by atoms with Crippen molar-refractivity contribution in [3.05, 3.63) is 48.3 Å². The summed E-state index contributed by atoms with van der Waals surface area (Å²) in [5.41, 5.74) is 1.95. The van der Waals surface area contributed by atoms with Gasteiger partial charge in [0.25, 0.3) is 0 Å². The molecule has 3 heterocycles. The highest BCUT2D eigenvalue weighted by atomic mass is 16.5. The average Bonchev–Trinajstić information content (AvgIpc) is 3.14. The highest BCUT2D eigenvalue weighted by Gasteiger charge is 2.21. The summed E-state index contributed by atoms with van der Waals surface area (Å²) in [6.45, 7) is 5.59. The van der Waals surface area contributed by atoms with Crippen molar-refractivity contribution in [1.29, 1.82) is 0 Å². The summed E-state index contributed by atoms with van der Waals surface area (Å²) in [5.74, 6) is 0.464. The summed E-state index contributed by atoms with van der Waals surface area (Å²) in [6.07, 6.45) is 10.6. The molecule has 1 saturated heterocycles. The molecule has 0 aliphatic carbocycles. The van der Waals surface area contributed by atoms with Crippen molar-refractivity contribution in [1.82, 2.24) is 14.9 Å². The third-order valence-electron chi connectivity index (χ3n) is 5.06. The molecular weight excluding hydrogens is 338 g/mol. The molecule has 3 rings (SSSR count). The standard InChI is InChI=1S/C22H29N3O2/c1-2-3-16-27-21(26)7-5-14-25-15-12-18(17-25)8-10-20-11-9-19-6-4-13-23-22(19)24-20/h4-7,9,11,13,18H,2-3,8,10,12,14-17H2,1H3/b7-5+. The molecule has 0 amide bonds. The van der Waals surface area contributed by atoms with Gasteiger partial charge in [0, 0.05) is 36.4 Å². The maximum Gasteiger partial charge on any atom is 0.330 e. The van der Waals surface area contributed by atoms with Crippen LogP contribution < -0.4 is 0 Å². The van der Waals surface area contributed by atoms with Crippen molar-refractivity contribution in [3.63, 3.8) is 0 Å². The molecule has 0 N–H and O–H groups in total. The lowest BCUT2D eigenvalue weighted by molar-refractivity contribution is -0.137. The Morgan fingerprint density at radius 2 is 2.30 bits per heavy atom. The monoisotopic (exact) mass is 367 g/mol. The molecule has 0 bridgehead atoms. The molecule has 0 aromatic carbocycles. The fraction of sp³-hybridized carbons (Fsp3) is 0.500. The van der Waals surface area contributed by atoms with E-state index >= 15 is 0 Å². The van der Waals surface area contributed by atoms with Crippen LogP contribution in [0.1, 0.15) is 38.3 Å². The number of hydrogen-bond donors (Lipinski definition) is 0. The first-order valence-electron chi connectivity index (χ1n) is 10.0. The van der Waals surface area contributed by atoms with Gasteiger partial charge in [0.1, 0.15) is 0 Å². The molecule has 2 aromatic rings. The van der Waals surface area contributed by atoms with E-state index < -0.39 is 0 Å². The molecule has 1 fully saturated rings. The van der Waals surface area contributed by atoms with Crippen molar-refractivity contribution in [2.75, 3.05) is 26.2 Å². The second kappa shape index (κ2) is 10.2. The summed E-state index contributed by atoms with van der Waals surface area (Å²) in [5, 5.41) is 1.09. The zero-order valence-corrected chi connectivity index (χ0v) is 16.1. The SMILES string of the molecule is CCCCOC(=O)/C=C/CN1CCC(CCc2ccc3cccnc3n2)C1. The number of carbonyl (C=O) groups excluding carboxylic acids is 1. The van der Waals surface area contributed by atoms with E-state index in [1.54, 1.807) is 12.3 Å². The lowest BCUT2D eigenvalue weighted by Crippen LogP contribution is -2.21. The first-order valence-corrected chi connectivity index (χ1v) is 10.0. The highest BCUT2D eigenvalue weighted by Crippen LogP contribution is 2.21. The summed E-state index contributed by atoms with van der Waals surface area (Å²) in [4.78, 5) is 23.0. The Morgan fingerprint density at radius 1 is 1.37 bits per heavy atom. The van der Waals surface area contributed by atoms with Crippen molar-refractivity contribution in [3.8, 4) is 0 Å². The van der Waals surface area contributed by atoms with Gasteiger partial charge < -0.3 is 4.74 Å². The predicted octanol–water partition coefficient (Wildman–Crippen LogP) is 3.78. The van der Waals surface area contributed by atoms with E-state index in [4.69, 9.17) is 4.74 Å². The second-order valence-corrected chi connectivity index (χ2v) is 7.23. The highest BCUT2D eigenvalue weighted by molar-refractivity contribution is 5.81. The van der Waals surface area contributed by atoms with Crippen molar-refractivity contribution < 1.29 is 9.53 Å². The van der Waals surface area contributed by atoms with Crippen LogP contribution in [-0.4, -0.2) is 47.1 Å². The quantitative estimate of drug-likeness (QED) is 0.383. The van der Waals surface area contributed by atoms with Gasteiger partial charge >= 0.3 is 5.97 Å². The number of hydrogen-bond acceptors (Lipinski definition) is 5. The smallest absolute Gasteiger partial charge is 0.330 e. The summed E-state index contributed by atoms with van der Waals surface area (Å²) in [6, 6.07) is 8.21. The molecule has 27 heavy (non-hydrogen) atoms. The van der Waals surface area contributed by atoms with Crippen LogP contribution >= 0.6 is 0 Å². The van der Waals surface area contributed by atoms with Gasteiger partial charge in [0.2, 0.25) is 0 Å². The average molecular weight is 367 g/mol. The van der Waals surface area contributed by atoms with Gasteiger partial charge in [-0.3, -0.25) is 4.90 Å². The molecular formula is C22H29N3O2. The minimum absolute atomic E-state index is 0.227. The van der Waals surface area contributed by atoms with E-state index in [2.05, 4.69) is 33.9 Å².